The summed E-state index contributed by atoms with van der Waals surface area (Å²) >= 11 is 1.80. The van der Waals surface area contributed by atoms with Crippen molar-refractivity contribution in [3.63, 3.8) is 0 Å². The molecule has 0 fully saturated rings. The summed E-state index contributed by atoms with van der Waals surface area (Å²) in [6, 6.07) is 31.0. The highest BCUT2D eigenvalue weighted by Gasteiger charge is 2.20. The van der Waals surface area contributed by atoms with Gasteiger partial charge in [-0.25, -0.2) is 4.98 Å². The molecule has 1 unspecified atom stereocenters. The van der Waals surface area contributed by atoms with Gasteiger partial charge in [0.15, 0.2) is 5.16 Å². The molecule has 0 aliphatic heterocycles. The molecule has 0 saturated carbocycles. The van der Waals surface area contributed by atoms with Crippen molar-refractivity contribution in [3.8, 4) is 22.5 Å². The molecule has 4 nitrogen and oxygen atoms in total. The molecule has 4 rings (SSSR count). The fourth-order valence-electron chi connectivity index (χ4n) is 4.50. The van der Waals surface area contributed by atoms with E-state index >= 15 is 0 Å². The van der Waals surface area contributed by atoms with E-state index in [9.17, 15) is 4.79 Å². The summed E-state index contributed by atoms with van der Waals surface area (Å²) in [7, 11) is 0. The number of carbonyl (C=O) groups excluding carboxylic acids is 1. The molecule has 0 radical (unpaired) electrons. The lowest BCUT2D eigenvalue weighted by Crippen LogP contribution is -2.30. The molecule has 0 spiro atoms. The third-order valence-corrected chi connectivity index (χ3v) is 7.43. The quantitative estimate of drug-likeness (QED) is 0.164. The number of imidazole rings is 1. The highest BCUT2D eigenvalue weighted by molar-refractivity contribution is 7.99. The van der Waals surface area contributed by atoms with Crippen molar-refractivity contribution in [2.75, 3.05) is 12.3 Å². The summed E-state index contributed by atoms with van der Waals surface area (Å²) in [6.07, 6.45) is 2.78. The minimum absolute atomic E-state index is 0.0783. The van der Waals surface area contributed by atoms with E-state index in [1.54, 1.807) is 11.8 Å². The van der Waals surface area contributed by atoms with Crippen LogP contribution in [0.25, 0.3) is 22.5 Å². The number of carbonyl (C=O) groups is 1. The first kappa shape index (κ1) is 25.8. The normalized spacial score (nSPS) is 11.8. The van der Waals surface area contributed by atoms with Crippen molar-refractivity contribution in [2.45, 2.75) is 50.7 Å². The van der Waals surface area contributed by atoms with Gasteiger partial charge in [0.25, 0.3) is 0 Å². The van der Waals surface area contributed by atoms with E-state index in [2.05, 4.69) is 78.3 Å². The summed E-state index contributed by atoms with van der Waals surface area (Å²) in [5.41, 5.74) is 5.61. The standard InChI is InChI=1S/C31H35N3OS/c1-3-27(24-16-8-5-9-17-24)30(35)32-22-14-15-23-36-31-33-28(25-18-10-6-11-19-25)29(34(31)4-2)26-20-12-7-13-21-26/h5-13,16-21,27H,3-4,14-15,22-23H2,1-2H3,(H,32,35). The van der Waals surface area contributed by atoms with Crippen LogP contribution in [0.2, 0.25) is 0 Å². The van der Waals surface area contributed by atoms with Crippen molar-refractivity contribution in [2.24, 2.45) is 0 Å². The van der Waals surface area contributed by atoms with Crippen molar-refractivity contribution >= 4 is 17.7 Å². The lowest BCUT2D eigenvalue weighted by Gasteiger charge is -2.15. The minimum atomic E-state index is -0.0783. The average Bonchev–Trinajstić information content (AvgIpc) is 3.31. The van der Waals surface area contributed by atoms with Crippen molar-refractivity contribution < 1.29 is 4.79 Å². The van der Waals surface area contributed by atoms with Gasteiger partial charge in [-0.3, -0.25) is 4.79 Å². The Hall–Kier alpha value is -3.31. The number of rotatable bonds is 12. The predicted molar refractivity (Wildman–Crippen MR) is 151 cm³/mol. The number of nitrogens with zero attached hydrogens (tertiary/aromatic N) is 2. The molecular weight excluding hydrogens is 462 g/mol. The van der Waals surface area contributed by atoms with E-state index in [1.807, 2.05) is 36.4 Å². The van der Waals surface area contributed by atoms with Gasteiger partial charge in [-0.2, -0.15) is 0 Å². The van der Waals surface area contributed by atoms with Crippen LogP contribution >= 0.6 is 11.8 Å². The Morgan fingerprint density at radius 3 is 2.08 bits per heavy atom. The van der Waals surface area contributed by atoms with Crippen LogP contribution in [-0.2, 0) is 11.3 Å². The van der Waals surface area contributed by atoms with E-state index < -0.39 is 0 Å². The highest BCUT2D eigenvalue weighted by atomic mass is 32.2. The molecule has 1 heterocycles. The number of hydrogen-bond donors (Lipinski definition) is 1. The predicted octanol–water partition coefficient (Wildman–Crippen LogP) is 7.42. The molecule has 0 saturated heterocycles. The number of nitrogens with one attached hydrogen (secondary N) is 1. The Balaban J connectivity index is 1.37. The lowest BCUT2D eigenvalue weighted by atomic mass is 9.96. The van der Waals surface area contributed by atoms with Crippen LogP contribution < -0.4 is 5.32 Å². The van der Waals surface area contributed by atoms with E-state index in [0.717, 1.165) is 53.5 Å². The minimum Gasteiger partial charge on any atom is -0.356 e. The van der Waals surface area contributed by atoms with Crippen molar-refractivity contribution in [1.29, 1.82) is 0 Å². The average molecular weight is 498 g/mol. The first-order valence-electron chi connectivity index (χ1n) is 12.9. The Morgan fingerprint density at radius 1 is 0.861 bits per heavy atom. The van der Waals surface area contributed by atoms with E-state index in [0.29, 0.717) is 6.54 Å². The van der Waals surface area contributed by atoms with Gasteiger partial charge in [-0.05, 0) is 31.7 Å². The largest absolute Gasteiger partial charge is 0.356 e. The lowest BCUT2D eigenvalue weighted by molar-refractivity contribution is -0.122. The Bertz CT molecular complexity index is 1220. The van der Waals surface area contributed by atoms with Crippen LogP contribution in [0.5, 0.6) is 0 Å². The summed E-state index contributed by atoms with van der Waals surface area (Å²) in [6.45, 7) is 5.81. The molecule has 0 aliphatic rings. The number of aromatic nitrogens is 2. The van der Waals surface area contributed by atoms with Gasteiger partial charge >= 0.3 is 0 Å². The van der Waals surface area contributed by atoms with Crippen LogP contribution in [0.4, 0.5) is 0 Å². The molecule has 0 aliphatic carbocycles. The van der Waals surface area contributed by atoms with E-state index in [4.69, 9.17) is 4.98 Å². The van der Waals surface area contributed by atoms with Crippen LogP contribution in [0.1, 0.15) is 44.6 Å². The molecule has 5 heteroatoms. The maximum atomic E-state index is 12.7. The second-order valence-corrected chi connectivity index (χ2v) is 9.85. The number of amides is 1. The monoisotopic (exact) mass is 497 g/mol. The van der Waals surface area contributed by atoms with Crippen LogP contribution in [0, 0.1) is 0 Å². The maximum absolute atomic E-state index is 12.7. The number of hydrogen-bond acceptors (Lipinski definition) is 3. The molecule has 0 bridgehead atoms. The van der Waals surface area contributed by atoms with Gasteiger partial charge in [-0.15, -0.1) is 0 Å². The third-order valence-electron chi connectivity index (χ3n) is 6.37. The van der Waals surface area contributed by atoms with Crippen molar-refractivity contribution in [1.82, 2.24) is 14.9 Å². The summed E-state index contributed by atoms with van der Waals surface area (Å²) in [4.78, 5) is 17.8. The van der Waals surface area contributed by atoms with E-state index in [1.165, 1.54) is 11.3 Å². The topological polar surface area (TPSA) is 46.9 Å². The van der Waals surface area contributed by atoms with Gasteiger partial charge in [0, 0.05) is 30.0 Å². The summed E-state index contributed by atoms with van der Waals surface area (Å²) in [5.74, 6) is 1.01. The summed E-state index contributed by atoms with van der Waals surface area (Å²) in [5, 5.41) is 4.19. The van der Waals surface area contributed by atoms with Gasteiger partial charge in [0.1, 0.15) is 0 Å². The van der Waals surface area contributed by atoms with Gasteiger partial charge in [0.05, 0.1) is 17.3 Å². The fraction of sp³-hybridized carbons (Fsp3) is 0.290. The molecule has 3 aromatic carbocycles. The van der Waals surface area contributed by atoms with Gasteiger partial charge < -0.3 is 9.88 Å². The fourth-order valence-corrected chi connectivity index (χ4v) is 5.57. The molecule has 4 aromatic rings. The van der Waals surface area contributed by atoms with Gasteiger partial charge in [0.2, 0.25) is 5.91 Å². The smallest absolute Gasteiger partial charge is 0.227 e. The number of thioether (sulfide) groups is 1. The second-order valence-electron chi connectivity index (χ2n) is 8.79. The highest BCUT2D eigenvalue weighted by Crippen LogP contribution is 2.36. The maximum Gasteiger partial charge on any atom is 0.227 e. The first-order valence-corrected chi connectivity index (χ1v) is 13.9. The molecule has 186 valence electrons. The van der Waals surface area contributed by atoms with Crippen molar-refractivity contribution in [3.05, 3.63) is 96.6 Å². The SMILES string of the molecule is CCC(C(=O)NCCCCSc1nc(-c2ccccc2)c(-c2ccccc2)n1CC)c1ccccc1. The Kier molecular flexibility index (Phi) is 9.40. The van der Waals surface area contributed by atoms with Crippen LogP contribution in [0.3, 0.4) is 0 Å². The second kappa shape index (κ2) is 13.1. The molecule has 1 N–H and O–H groups in total. The summed E-state index contributed by atoms with van der Waals surface area (Å²) < 4.78 is 2.33. The van der Waals surface area contributed by atoms with E-state index in [-0.39, 0.29) is 11.8 Å². The molecule has 1 amide bonds. The zero-order valence-corrected chi connectivity index (χ0v) is 22.0. The zero-order chi connectivity index (χ0) is 25.2. The van der Waals surface area contributed by atoms with Gasteiger partial charge in [-0.1, -0.05) is 110 Å². The molecular formula is C31H35N3OS. The van der Waals surface area contributed by atoms with Crippen LogP contribution in [0.15, 0.2) is 96.2 Å². The molecule has 36 heavy (non-hydrogen) atoms. The molecule has 1 aromatic heterocycles. The third kappa shape index (κ3) is 6.27. The Labute approximate surface area is 219 Å². The van der Waals surface area contributed by atoms with Crippen LogP contribution in [-0.4, -0.2) is 27.8 Å². The first-order chi connectivity index (χ1) is 17.7. The number of benzene rings is 3. The number of unbranched alkanes of at least 4 members (excludes halogenated alkanes) is 1. The molecule has 1 atom stereocenters. The zero-order valence-electron chi connectivity index (χ0n) is 21.2. The Morgan fingerprint density at radius 2 is 1.47 bits per heavy atom.